The number of halogens is 4. The minimum atomic E-state index is -4.57. The van der Waals surface area contributed by atoms with E-state index in [1.165, 1.54) is 43.4 Å². The van der Waals surface area contributed by atoms with Crippen molar-refractivity contribution in [3.63, 3.8) is 0 Å². The van der Waals surface area contributed by atoms with E-state index in [9.17, 15) is 27.2 Å². The van der Waals surface area contributed by atoms with Crippen molar-refractivity contribution in [1.29, 1.82) is 0 Å². The molecule has 3 heterocycles. The molecule has 2 amide bonds. The smallest absolute Gasteiger partial charge is 0.405 e. The van der Waals surface area contributed by atoms with Crippen LogP contribution in [0.1, 0.15) is 39.4 Å². The number of anilines is 1. The van der Waals surface area contributed by atoms with E-state index < -0.39 is 35.9 Å². The SMILES string of the molecule is CNC(=O)c1c(-c2ccc(F)cc2)oc2nc(NCC(F)(F)F)c(-c3cccc(C(=O)NC4(c5ncccn5)CC4)c3)cc12. The van der Waals surface area contributed by atoms with Gasteiger partial charge in [-0.15, -0.1) is 0 Å². The van der Waals surface area contributed by atoms with Crippen molar-refractivity contribution in [2.75, 3.05) is 18.9 Å². The van der Waals surface area contributed by atoms with E-state index in [1.807, 2.05) is 0 Å². The van der Waals surface area contributed by atoms with E-state index in [0.717, 1.165) is 0 Å². The minimum absolute atomic E-state index is 0.0664. The van der Waals surface area contributed by atoms with Crippen LogP contribution in [0.3, 0.4) is 0 Å². The summed E-state index contributed by atoms with van der Waals surface area (Å²) < 4.78 is 59.3. The molecule has 5 aromatic rings. The molecule has 6 rings (SSSR count). The summed E-state index contributed by atoms with van der Waals surface area (Å²) in [6.07, 6.45) is -0.0543. The summed E-state index contributed by atoms with van der Waals surface area (Å²) in [6, 6.07) is 14.7. The van der Waals surface area contributed by atoms with Crippen molar-refractivity contribution in [1.82, 2.24) is 25.6 Å². The van der Waals surface area contributed by atoms with Gasteiger partial charge in [-0.25, -0.2) is 14.4 Å². The van der Waals surface area contributed by atoms with Gasteiger partial charge in [0.25, 0.3) is 11.8 Å². The predicted molar refractivity (Wildman–Crippen MR) is 153 cm³/mol. The molecule has 13 heteroatoms. The Morgan fingerprint density at radius 1 is 0.955 bits per heavy atom. The number of carbonyl (C=O) groups is 2. The number of nitrogens with zero attached hydrogens (tertiary/aromatic N) is 3. The highest BCUT2D eigenvalue weighted by Crippen LogP contribution is 2.44. The summed E-state index contributed by atoms with van der Waals surface area (Å²) in [5, 5.41) is 8.05. The molecule has 1 aliphatic rings. The van der Waals surface area contributed by atoms with Crippen LogP contribution in [0.4, 0.5) is 23.4 Å². The Bertz CT molecular complexity index is 1870. The zero-order valence-corrected chi connectivity index (χ0v) is 23.1. The topological polar surface area (TPSA) is 122 Å². The Balaban J connectivity index is 1.45. The van der Waals surface area contributed by atoms with Gasteiger partial charge in [0.1, 0.15) is 29.5 Å². The first-order valence-corrected chi connectivity index (χ1v) is 13.5. The number of fused-ring (bicyclic) bond motifs is 1. The average Bonchev–Trinajstić information content (AvgIpc) is 3.71. The molecule has 0 atom stereocenters. The number of pyridine rings is 1. The lowest BCUT2D eigenvalue weighted by molar-refractivity contribution is -0.115. The summed E-state index contributed by atoms with van der Waals surface area (Å²) in [5.74, 6) is -1.07. The van der Waals surface area contributed by atoms with Crippen LogP contribution in [0.2, 0.25) is 0 Å². The number of alkyl halides is 3. The normalized spacial score (nSPS) is 13.8. The van der Waals surface area contributed by atoms with Crippen LogP contribution in [0, 0.1) is 5.82 Å². The Morgan fingerprint density at radius 3 is 2.34 bits per heavy atom. The second-order valence-corrected chi connectivity index (χ2v) is 10.3. The molecular formula is C31H24F4N6O3. The highest BCUT2D eigenvalue weighted by atomic mass is 19.4. The van der Waals surface area contributed by atoms with Crippen molar-refractivity contribution in [3.8, 4) is 22.5 Å². The van der Waals surface area contributed by atoms with Crippen molar-refractivity contribution >= 4 is 28.7 Å². The van der Waals surface area contributed by atoms with Gasteiger partial charge in [0.05, 0.1) is 10.9 Å². The number of benzene rings is 2. The molecule has 1 fully saturated rings. The quantitative estimate of drug-likeness (QED) is 0.190. The van der Waals surface area contributed by atoms with Gasteiger partial charge >= 0.3 is 6.18 Å². The molecule has 9 nitrogen and oxygen atoms in total. The molecule has 0 saturated heterocycles. The fraction of sp³-hybridized carbons (Fsp3) is 0.194. The van der Waals surface area contributed by atoms with E-state index in [0.29, 0.717) is 29.8 Å². The minimum Gasteiger partial charge on any atom is -0.437 e. The molecule has 0 spiro atoms. The number of carbonyl (C=O) groups excluding carboxylic acids is 2. The molecule has 224 valence electrons. The molecule has 3 aromatic heterocycles. The summed E-state index contributed by atoms with van der Waals surface area (Å²) in [4.78, 5) is 39.2. The second kappa shape index (κ2) is 11.1. The fourth-order valence-corrected chi connectivity index (χ4v) is 4.91. The number of aromatic nitrogens is 3. The van der Waals surface area contributed by atoms with Crippen LogP contribution in [0.25, 0.3) is 33.6 Å². The molecule has 3 N–H and O–H groups in total. The highest BCUT2D eigenvalue weighted by Gasteiger charge is 2.48. The van der Waals surface area contributed by atoms with Crippen LogP contribution >= 0.6 is 0 Å². The number of nitrogens with one attached hydrogen (secondary N) is 3. The highest BCUT2D eigenvalue weighted by molar-refractivity contribution is 6.11. The van der Waals surface area contributed by atoms with Crippen molar-refractivity contribution in [2.45, 2.75) is 24.6 Å². The lowest BCUT2D eigenvalue weighted by atomic mass is 9.99. The lowest BCUT2D eigenvalue weighted by Crippen LogP contribution is -2.36. The van der Waals surface area contributed by atoms with Gasteiger partial charge in [0.15, 0.2) is 5.82 Å². The van der Waals surface area contributed by atoms with Crippen LogP contribution < -0.4 is 16.0 Å². The first-order chi connectivity index (χ1) is 21.1. The van der Waals surface area contributed by atoms with Gasteiger partial charge in [0.2, 0.25) is 5.71 Å². The molecular weight excluding hydrogens is 580 g/mol. The van der Waals surface area contributed by atoms with Gasteiger partial charge < -0.3 is 20.4 Å². The molecule has 1 aliphatic carbocycles. The number of amides is 2. The third-order valence-corrected chi connectivity index (χ3v) is 7.23. The largest absolute Gasteiger partial charge is 0.437 e. The van der Waals surface area contributed by atoms with Crippen molar-refractivity contribution in [2.24, 2.45) is 0 Å². The standard InChI is InChI=1S/C31H24F4N6O3/c1-36-27(43)23-22-15-21(18-4-2-5-19(14-18)26(42)41-30(10-11-30)29-37-12-3-13-38-29)25(39-16-31(33,34)35)40-28(22)44-24(23)17-6-8-20(32)9-7-17/h2-9,12-15H,10-11,16H2,1H3,(H,36,43)(H,39,40)(H,41,42). The van der Waals surface area contributed by atoms with Gasteiger partial charge in [0, 0.05) is 36.1 Å². The Morgan fingerprint density at radius 2 is 1.68 bits per heavy atom. The predicted octanol–water partition coefficient (Wildman–Crippen LogP) is 5.84. The molecule has 0 bridgehead atoms. The molecule has 1 saturated carbocycles. The zero-order chi connectivity index (χ0) is 31.1. The number of furan rings is 1. The zero-order valence-electron chi connectivity index (χ0n) is 23.1. The molecule has 0 aliphatic heterocycles. The van der Waals surface area contributed by atoms with E-state index in [1.54, 1.807) is 36.7 Å². The first kappa shape index (κ1) is 28.8. The van der Waals surface area contributed by atoms with Gasteiger partial charge in [-0.3, -0.25) is 9.59 Å². The number of hydrogen-bond acceptors (Lipinski definition) is 7. The average molecular weight is 605 g/mol. The first-order valence-electron chi connectivity index (χ1n) is 13.5. The molecule has 0 radical (unpaired) electrons. The summed E-state index contributed by atoms with van der Waals surface area (Å²) in [7, 11) is 1.42. The Kier molecular flexibility index (Phi) is 7.23. The number of rotatable bonds is 8. The maximum absolute atomic E-state index is 13.6. The Hall–Kier alpha value is -5.33. The van der Waals surface area contributed by atoms with E-state index in [-0.39, 0.29) is 39.4 Å². The molecule has 0 unspecified atom stereocenters. The van der Waals surface area contributed by atoms with Crippen molar-refractivity contribution < 1.29 is 31.6 Å². The maximum Gasteiger partial charge on any atom is 0.405 e. The molecule has 2 aromatic carbocycles. The van der Waals surface area contributed by atoms with Gasteiger partial charge in [-0.1, -0.05) is 12.1 Å². The fourth-order valence-electron chi connectivity index (χ4n) is 4.91. The van der Waals surface area contributed by atoms with E-state index in [4.69, 9.17) is 4.42 Å². The monoisotopic (exact) mass is 604 g/mol. The second-order valence-electron chi connectivity index (χ2n) is 10.3. The number of hydrogen-bond donors (Lipinski definition) is 3. The summed E-state index contributed by atoms with van der Waals surface area (Å²) >= 11 is 0. The van der Waals surface area contributed by atoms with Crippen molar-refractivity contribution in [3.05, 3.63) is 95.8 Å². The van der Waals surface area contributed by atoms with Crippen LogP contribution in [0.5, 0.6) is 0 Å². The maximum atomic E-state index is 13.6. The van der Waals surface area contributed by atoms with Crippen LogP contribution in [-0.2, 0) is 5.54 Å². The van der Waals surface area contributed by atoms with Gasteiger partial charge in [-0.05, 0) is 66.9 Å². The van der Waals surface area contributed by atoms with Crippen LogP contribution in [0.15, 0.2) is 77.5 Å². The van der Waals surface area contributed by atoms with Crippen LogP contribution in [-0.4, -0.2) is 46.5 Å². The van der Waals surface area contributed by atoms with Gasteiger partial charge in [-0.2, -0.15) is 18.2 Å². The van der Waals surface area contributed by atoms with E-state index >= 15 is 0 Å². The lowest BCUT2D eigenvalue weighted by Gasteiger charge is -2.17. The third kappa shape index (κ3) is 5.68. The van der Waals surface area contributed by atoms with E-state index in [2.05, 4.69) is 30.9 Å². The summed E-state index contributed by atoms with van der Waals surface area (Å²) in [5.41, 5.74) is 0.443. The third-order valence-electron chi connectivity index (χ3n) is 7.23. The molecule has 44 heavy (non-hydrogen) atoms. The summed E-state index contributed by atoms with van der Waals surface area (Å²) in [6.45, 7) is -1.40. The Labute approximate surface area is 247 Å².